The van der Waals surface area contributed by atoms with Crippen molar-refractivity contribution in [2.24, 2.45) is 0 Å². The van der Waals surface area contributed by atoms with Gasteiger partial charge in [-0.3, -0.25) is 19.7 Å². The van der Waals surface area contributed by atoms with Gasteiger partial charge >= 0.3 is 0 Å². The molecular formula is C23H17ClN2O5. The molecule has 0 saturated carbocycles. The smallest absolute Gasteiger partial charge is 0.280 e. The Hall–Kier alpha value is -3.55. The van der Waals surface area contributed by atoms with Gasteiger partial charge in [0.1, 0.15) is 0 Å². The maximum Gasteiger partial charge on any atom is 0.280 e. The number of benzene rings is 3. The highest BCUT2D eigenvalue weighted by molar-refractivity contribution is 6.31. The van der Waals surface area contributed by atoms with E-state index in [1.54, 1.807) is 12.1 Å². The molecule has 1 atom stereocenters. The van der Waals surface area contributed by atoms with Gasteiger partial charge in [-0.1, -0.05) is 54.1 Å². The summed E-state index contributed by atoms with van der Waals surface area (Å²) in [6.07, 6.45) is -0.644. The molecule has 1 N–H and O–H groups in total. The Bertz CT molecular complexity index is 1200. The summed E-state index contributed by atoms with van der Waals surface area (Å²) in [6, 6.07) is 19.3. The van der Waals surface area contributed by atoms with E-state index in [0.29, 0.717) is 10.7 Å². The summed E-state index contributed by atoms with van der Waals surface area (Å²) in [5.41, 5.74) is -1.25. The molecule has 1 heterocycles. The van der Waals surface area contributed by atoms with E-state index < -0.39 is 28.6 Å². The molecule has 0 aliphatic carbocycles. The number of hydrogen-bond donors (Lipinski definition) is 1. The highest BCUT2D eigenvalue weighted by Gasteiger charge is 2.51. The number of ketones is 1. The Morgan fingerprint density at radius 2 is 1.74 bits per heavy atom. The molecule has 156 valence electrons. The number of nitro groups is 1. The van der Waals surface area contributed by atoms with E-state index in [1.807, 2.05) is 30.3 Å². The van der Waals surface area contributed by atoms with Crippen LogP contribution in [0.15, 0.2) is 72.8 Å². The lowest BCUT2D eigenvalue weighted by atomic mass is 9.87. The average molecular weight is 437 g/mol. The van der Waals surface area contributed by atoms with Gasteiger partial charge in [-0.25, -0.2) is 0 Å². The second-order valence-electron chi connectivity index (χ2n) is 7.27. The van der Waals surface area contributed by atoms with E-state index in [-0.39, 0.29) is 23.4 Å². The Morgan fingerprint density at radius 1 is 1.06 bits per heavy atom. The normalized spacial score (nSPS) is 17.5. The minimum Gasteiger partial charge on any atom is -0.375 e. The molecule has 1 aliphatic rings. The van der Waals surface area contributed by atoms with E-state index in [2.05, 4.69) is 0 Å². The number of fused-ring (bicyclic) bond motifs is 1. The Balaban J connectivity index is 1.74. The molecule has 1 unspecified atom stereocenters. The van der Waals surface area contributed by atoms with Crippen molar-refractivity contribution in [3.05, 3.63) is 105 Å². The first-order chi connectivity index (χ1) is 14.8. The van der Waals surface area contributed by atoms with Crippen molar-refractivity contribution in [2.45, 2.75) is 18.6 Å². The summed E-state index contributed by atoms with van der Waals surface area (Å²) in [5.74, 6) is -1.39. The number of nitrogens with zero attached hydrogens (tertiary/aromatic N) is 2. The molecule has 0 fully saturated rings. The summed E-state index contributed by atoms with van der Waals surface area (Å²) in [4.78, 5) is 38.3. The van der Waals surface area contributed by atoms with Gasteiger partial charge in [0, 0.05) is 16.7 Å². The first-order valence-electron chi connectivity index (χ1n) is 9.46. The fourth-order valence-corrected chi connectivity index (χ4v) is 3.98. The van der Waals surface area contributed by atoms with E-state index in [4.69, 9.17) is 11.6 Å². The van der Waals surface area contributed by atoms with Gasteiger partial charge in [0.05, 0.1) is 29.1 Å². The maximum absolute atomic E-state index is 13.3. The average Bonchev–Trinajstić information content (AvgIpc) is 2.96. The second kappa shape index (κ2) is 7.94. The number of amides is 1. The summed E-state index contributed by atoms with van der Waals surface area (Å²) >= 11 is 6.11. The van der Waals surface area contributed by atoms with Crippen molar-refractivity contribution in [3.8, 4) is 0 Å². The maximum atomic E-state index is 13.3. The van der Waals surface area contributed by atoms with Crippen LogP contribution in [0.4, 0.5) is 11.4 Å². The number of rotatable bonds is 6. The van der Waals surface area contributed by atoms with Crippen LogP contribution in [0.2, 0.25) is 5.02 Å². The first-order valence-corrected chi connectivity index (χ1v) is 9.84. The minimum atomic E-state index is -2.18. The molecular weight excluding hydrogens is 420 g/mol. The van der Waals surface area contributed by atoms with Gasteiger partial charge < -0.3 is 10.0 Å². The number of carbonyl (C=O) groups is 2. The number of Topliss-reactive ketones (excluding diaryl/α,β-unsaturated/α-hetero) is 1. The molecule has 8 heteroatoms. The van der Waals surface area contributed by atoms with E-state index in [9.17, 15) is 24.8 Å². The van der Waals surface area contributed by atoms with Crippen LogP contribution in [0.3, 0.4) is 0 Å². The van der Waals surface area contributed by atoms with Gasteiger partial charge in [0.25, 0.3) is 11.6 Å². The number of hydrogen-bond acceptors (Lipinski definition) is 5. The standard InChI is InChI=1S/C23H17ClN2O5/c24-16-10-11-20-18(12-16)23(29,22(28)25(20)14-15-6-2-1-3-7-15)13-21(27)17-8-4-5-9-19(17)26(30)31/h1-12,29H,13-14H2. The largest absolute Gasteiger partial charge is 0.375 e. The molecule has 0 bridgehead atoms. The third-order valence-electron chi connectivity index (χ3n) is 5.29. The van der Waals surface area contributed by atoms with Crippen molar-refractivity contribution in [1.82, 2.24) is 0 Å². The Labute approximate surface area is 182 Å². The van der Waals surface area contributed by atoms with Crippen LogP contribution >= 0.6 is 11.6 Å². The molecule has 3 aromatic carbocycles. The third-order valence-corrected chi connectivity index (χ3v) is 5.53. The van der Waals surface area contributed by atoms with Crippen molar-refractivity contribution in [2.75, 3.05) is 4.90 Å². The van der Waals surface area contributed by atoms with Gasteiger partial charge in [-0.05, 0) is 29.8 Å². The SMILES string of the molecule is O=C(CC1(O)C(=O)N(Cc2ccccc2)c2ccc(Cl)cc21)c1ccccc1[N+](=O)[O-]. The molecule has 0 spiro atoms. The summed E-state index contributed by atoms with van der Waals surface area (Å²) in [5, 5.41) is 23.0. The molecule has 1 aliphatic heterocycles. The van der Waals surface area contributed by atoms with Crippen molar-refractivity contribution >= 4 is 34.7 Å². The fourth-order valence-electron chi connectivity index (χ4n) is 3.81. The van der Waals surface area contributed by atoms with Crippen LogP contribution in [-0.4, -0.2) is 21.7 Å². The number of halogens is 1. The number of anilines is 1. The predicted octanol–water partition coefficient (Wildman–Crippen LogP) is 4.26. The zero-order valence-electron chi connectivity index (χ0n) is 16.2. The molecule has 1 amide bonds. The third kappa shape index (κ3) is 3.69. The number of para-hydroxylation sites is 1. The summed E-state index contributed by atoms with van der Waals surface area (Å²) < 4.78 is 0. The molecule has 0 radical (unpaired) electrons. The van der Waals surface area contributed by atoms with Gasteiger partial charge in [-0.2, -0.15) is 0 Å². The molecule has 0 aromatic heterocycles. The van der Waals surface area contributed by atoms with Gasteiger partial charge in [-0.15, -0.1) is 0 Å². The quantitative estimate of drug-likeness (QED) is 0.353. The molecule has 4 rings (SSSR count). The Morgan fingerprint density at radius 3 is 2.45 bits per heavy atom. The molecule has 7 nitrogen and oxygen atoms in total. The van der Waals surface area contributed by atoms with Crippen LogP contribution in [-0.2, 0) is 16.9 Å². The van der Waals surface area contributed by atoms with Crippen LogP contribution in [0.25, 0.3) is 0 Å². The fraction of sp³-hybridized carbons (Fsp3) is 0.130. The number of carbonyl (C=O) groups excluding carboxylic acids is 2. The van der Waals surface area contributed by atoms with Gasteiger partial charge in [0.2, 0.25) is 0 Å². The van der Waals surface area contributed by atoms with Crippen LogP contribution in [0, 0.1) is 10.1 Å². The van der Waals surface area contributed by atoms with E-state index in [1.165, 1.54) is 35.2 Å². The van der Waals surface area contributed by atoms with Crippen molar-refractivity contribution in [3.63, 3.8) is 0 Å². The summed E-state index contributed by atoms with van der Waals surface area (Å²) in [6.45, 7) is 0.191. The van der Waals surface area contributed by atoms with Crippen LogP contribution in [0.5, 0.6) is 0 Å². The van der Waals surface area contributed by atoms with E-state index in [0.717, 1.165) is 5.56 Å². The second-order valence-corrected chi connectivity index (χ2v) is 7.71. The lowest BCUT2D eigenvalue weighted by molar-refractivity contribution is -0.385. The van der Waals surface area contributed by atoms with Crippen LogP contribution < -0.4 is 4.90 Å². The first kappa shape index (κ1) is 20.7. The zero-order valence-corrected chi connectivity index (χ0v) is 17.0. The van der Waals surface area contributed by atoms with Crippen LogP contribution in [0.1, 0.15) is 27.9 Å². The van der Waals surface area contributed by atoms with Gasteiger partial charge in [0.15, 0.2) is 11.4 Å². The molecule has 0 saturated heterocycles. The highest BCUT2D eigenvalue weighted by atomic mass is 35.5. The van der Waals surface area contributed by atoms with E-state index >= 15 is 0 Å². The lowest BCUT2D eigenvalue weighted by Gasteiger charge is -2.23. The number of nitro benzene ring substituents is 1. The minimum absolute atomic E-state index is 0.168. The monoisotopic (exact) mass is 436 g/mol. The summed E-state index contributed by atoms with van der Waals surface area (Å²) in [7, 11) is 0. The lowest BCUT2D eigenvalue weighted by Crippen LogP contribution is -2.41. The molecule has 3 aromatic rings. The predicted molar refractivity (Wildman–Crippen MR) is 115 cm³/mol. The zero-order chi connectivity index (χ0) is 22.2. The number of aliphatic hydroxyl groups is 1. The van der Waals surface area contributed by atoms with Crippen molar-refractivity contribution < 1.29 is 19.6 Å². The molecule has 31 heavy (non-hydrogen) atoms. The highest BCUT2D eigenvalue weighted by Crippen LogP contribution is 2.45. The van der Waals surface area contributed by atoms with Crippen molar-refractivity contribution in [1.29, 1.82) is 0 Å². The Kier molecular flexibility index (Phi) is 5.31. The topological polar surface area (TPSA) is 101 Å².